The molecule has 0 bridgehead atoms. The second-order valence-corrected chi connectivity index (χ2v) is 7.10. The predicted molar refractivity (Wildman–Crippen MR) is 93.9 cm³/mol. The summed E-state index contributed by atoms with van der Waals surface area (Å²) in [5.41, 5.74) is 5.65. The molecule has 0 aliphatic heterocycles. The fourth-order valence-electron chi connectivity index (χ4n) is 3.24. The molecule has 0 aromatic heterocycles. The molecular formula is C20H30O2. The lowest BCUT2D eigenvalue weighted by molar-refractivity contribution is -0.131. The van der Waals surface area contributed by atoms with Gasteiger partial charge in [0.15, 0.2) is 0 Å². The normalized spacial score (nSPS) is 19.9. The highest BCUT2D eigenvalue weighted by Gasteiger charge is 2.27. The molecule has 0 fully saturated rings. The van der Waals surface area contributed by atoms with Crippen molar-refractivity contribution in [1.82, 2.24) is 0 Å². The SMILES string of the molecule is CC1=C(CC\C(C)=C/C=C/C(C)=C/C(=O)O)C(C)(C)CCC1. The van der Waals surface area contributed by atoms with Crippen molar-refractivity contribution in [2.24, 2.45) is 5.41 Å². The van der Waals surface area contributed by atoms with Gasteiger partial charge in [0.2, 0.25) is 0 Å². The van der Waals surface area contributed by atoms with Crippen LogP contribution in [0.2, 0.25) is 0 Å². The van der Waals surface area contributed by atoms with E-state index in [1.807, 2.05) is 12.2 Å². The Morgan fingerprint density at radius 3 is 2.59 bits per heavy atom. The monoisotopic (exact) mass is 302 g/mol. The number of rotatable bonds is 6. The van der Waals surface area contributed by atoms with E-state index in [-0.39, 0.29) is 0 Å². The minimum absolute atomic E-state index is 0.346. The van der Waals surface area contributed by atoms with Gasteiger partial charge in [0.1, 0.15) is 0 Å². The van der Waals surface area contributed by atoms with Crippen LogP contribution in [0.15, 0.2) is 46.6 Å². The molecule has 0 unspecified atom stereocenters. The van der Waals surface area contributed by atoms with Gasteiger partial charge in [0, 0.05) is 6.08 Å². The molecular weight excluding hydrogens is 272 g/mol. The second-order valence-electron chi connectivity index (χ2n) is 7.10. The van der Waals surface area contributed by atoms with Crippen LogP contribution in [0.1, 0.15) is 66.7 Å². The molecule has 0 aromatic rings. The van der Waals surface area contributed by atoms with E-state index in [9.17, 15) is 4.79 Å². The van der Waals surface area contributed by atoms with Crippen LogP contribution in [0, 0.1) is 5.41 Å². The van der Waals surface area contributed by atoms with Crippen molar-refractivity contribution in [2.45, 2.75) is 66.7 Å². The average molecular weight is 302 g/mol. The van der Waals surface area contributed by atoms with Crippen molar-refractivity contribution in [1.29, 1.82) is 0 Å². The molecule has 1 rings (SSSR count). The predicted octanol–water partition coefficient (Wildman–Crippen LogP) is 5.83. The third kappa shape index (κ3) is 6.05. The Balaban J connectivity index is 2.62. The summed E-state index contributed by atoms with van der Waals surface area (Å²) in [5, 5.41) is 8.66. The van der Waals surface area contributed by atoms with Gasteiger partial charge in [-0.15, -0.1) is 0 Å². The van der Waals surface area contributed by atoms with Gasteiger partial charge in [-0.1, -0.05) is 48.8 Å². The van der Waals surface area contributed by atoms with Crippen LogP contribution in [0.25, 0.3) is 0 Å². The number of carbonyl (C=O) groups is 1. The fraction of sp³-hybridized carbons (Fsp3) is 0.550. The zero-order valence-electron chi connectivity index (χ0n) is 14.7. The van der Waals surface area contributed by atoms with Crippen molar-refractivity contribution in [2.75, 3.05) is 0 Å². The van der Waals surface area contributed by atoms with E-state index in [1.54, 1.807) is 18.1 Å². The molecule has 2 nitrogen and oxygen atoms in total. The van der Waals surface area contributed by atoms with Gasteiger partial charge in [0.25, 0.3) is 0 Å². The molecule has 1 aliphatic rings. The van der Waals surface area contributed by atoms with Crippen molar-refractivity contribution in [3.63, 3.8) is 0 Å². The van der Waals surface area contributed by atoms with Crippen LogP contribution >= 0.6 is 0 Å². The second kappa shape index (κ2) is 8.17. The molecule has 0 saturated heterocycles. The van der Waals surface area contributed by atoms with E-state index >= 15 is 0 Å². The van der Waals surface area contributed by atoms with Crippen molar-refractivity contribution < 1.29 is 9.90 Å². The zero-order chi connectivity index (χ0) is 16.8. The molecule has 22 heavy (non-hydrogen) atoms. The van der Waals surface area contributed by atoms with Crippen LogP contribution in [-0.4, -0.2) is 11.1 Å². The molecule has 0 saturated carbocycles. The summed E-state index contributed by atoms with van der Waals surface area (Å²) in [6.45, 7) is 11.0. The molecule has 0 atom stereocenters. The Kier molecular flexibility index (Phi) is 6.86. The molecule has 0 radical (unpaired) electrons. The molecule has 122 valence electrons. The molecule has 1 aliphatic carbocycles. The molecule has 0 spiro atoms. The summed E-state index contributed by atoms with van der Waals surface area (Å²) in [7, 11) is 0. The van der Waals surface area contributed by atoms with Gasteiger partial charge >= 0.3 is 5.97 Å². The molecule has 0 heterocycles. The van der Waals surface area contributed by atoms with Gasteiger partial charge in [-0.2, -0.15) is 0 Å². The number of aliphatic carboxylic acids is 1. The third-order valence-corrected chi connectivity index (χ3v) is 4.55. The first kappa shape index (κ1) is 18.5. The molecule has 1 N–H and O–H groups in total. The zero-order valence-corrected chi connectivity index (χ0v) is 14.7. The Hall–Kier alpha value is -1.57. The van der Waals surface area contributed by atoms with E-state index in [2.05, 4.69) is 33.8 Å². The Morgan fingerprint density at radius 2 is 2.00 bits per heavy atom. The summed E-state index contributed by atoms with van der Waals surface area (Å²) in [4.78, 5) is 10.5. The number of carboxylic acids is 1. The highest BCUT2D eigenvalue weighted by Crippen LogP contribution is 2.42. The maximum absolute atomic E-state index is 10.5. The number of hydrogen-bond donors (Lipinski definition) is 1. The minimum atomic E-state index is -0.898. The summed E-state index contributed by atoms with van der Waals surface area (Å²) in [6, 6.07) is 0. The highest BCUT2D eigenvalue weighted by molar-refractivity contribution is 5.81. The van der Waals surface area contributed by atoms with Gasteiger partial charge in [-0.05, 0) is 63.9 Å². The summed E-state index contributed by atoms with van der Waals surface area (Å²) >= 11 is 0. The summed E-state index contributed by atoms with van der Waals surface area (Å²) in [5.74, 6) is -0.898. The third-order valence-electron chi connectivity index (χ3n) is 4.55. The Morgan fingerprint density at radius 1 is 1.32 bits per heavy atom. The van der Waals surface area contributed by atoms with Gasteiger partial charge in [-0.25, -0.2) is 4.79 Å². The first-order valence-electron chi connectivity index (χ1n) is 8.16. The number of allylic oxidation sites excluding steroid dienone is 7. The molecule has 0 amide bonds. The lowest BCUT2D eigenvalue weighted by Crippen LogP contribution is -2.20. The van der Waals surface area contributed by atoms with Crippen molar-refractivity contribution in [3.8, 4) is 0 Å². The number of carboxylic acid groups (broad SMARTS) is 1. The van der Waals surface area contributed by atoms with E-state index < -0.39 is 5.97 Å². The molecule has 2 heteroatoms. The highest BCUT2D eigenvalue weighted by atomic mass is 16.4. The first-order valence-corrected chi connectivity index (χ1v) is 8.16. The smallest absolute Gasteiger partial charge is 0.328 e. The average Bonchev–Trinajstić information content (AvgIpc) is 2.36. The van der Waals surface area contributed by atoms with Crippen molar-refractivity contribution in [3.05, 3.63) is 46.6 Å². The van der Waals surface area contributed by atoms with Gasteiger partial charge in [-0.3, -0.25) is 0 Å². The minimum Gasteiger partial charge on any atom is -0.478 e. The summed E-state index contributed by atoms with van der Waals surface area (Å²) in [6.07, 6.45) is 13.2. The van der Waals surface area contributed by atoms with Gasteiger partial charge < -0.3 is 5.11 Å². The van der Waals surface area contributed by atoms with Crippen molar-refractivity contribution >= 4 is 5.97 Å². The fourth-order valence-corrected chi connectivity index (χ4v) is 3.24. The Labute approximate surface area is 135 Å². The molecule has 0 aromatic carbocycles. The largest absolute Gasteiger partial charge is 0.478 e. The maximum Gasteiger partial charge on any atom is 0.328 e. The number of hydrogen-bond acceptors (Lipinski definition) is 1. The quantitative estimate of drug-likeness (QED) is 0.381. The van der Waals surface area contributed by atoms with E-state index in [0.717, 1.165) is 18.4 Å². The standard InChI is InChI=1S/C20H30O2/c1-15(8-6-9-16(2)14-19(21)22)11-12-18-17(3)10-7-13-20(18,4)5/h6,8-9,14H,7,10-13H2,1-5H3,(H,21,22)/b9-6+,15-8-,16-14+. The summed E-state index contributed by atoms with van der Waals surface area (Å²) < 4.78 is 0. The van der Waals surface area contributed by atoms with Crippen LogP contribution in [0.4, 0.5) is 0 Å². The van der Waals surface area contributed by atoms with Crippen LogP contribution in [-0.2, 0) is 4.79 Å². The van der Waals surface area contributed by atoms with Gasteiger partial charge in [0.05, 0.1) is 0 Å². The van der Waals surface area contributed by atoms with Crippen LogP contribution < -0.4 is 0 Å². The van der Waals surface area contributed by atoms with Crippen LogP contribution in [0.3, 0.4) is 0 Å². The van der Waals surface area contributed by atoms with E-state index in [0.29, 0.717) is 5.41 Å². The lowest BCUT2D eigenvalue weighted by atomic mass is 9.71. The topological polar surface area (TPSA) is 37.3 Å². The van der Waals surface area contributed by atoms with Crippen LogP contribution in [0.5, 0.6) is 0 Å². The Bertz CT molecular complexity index is 528. The maximum atomic E-state index is 10.5. The van der Waals surface area contributed by atoms with E-state index in [4.69, 9.17) is 5.11 Å². The lowest BCUT2D eigenvalue weighted by Gasteiger charge is -2.34. The van der Waals surface area contributed by atoms with E-state index in [1.165, 1.54) is 30.9 Å². The first-order chi connectivity index (χ1) is 10.2.